The minimum atomic E-state index is -1.55. The standard InChI is InChI=1S/2C13H22N.C4H4O4/c2*1-4-14(5-2,6-3)12-13-10-8-7-9-11-13;5-3(6)1-2-4(7)8/h2*7-11H,4-6,12H2,1-3H3;1-2H,(H,5,6)(H,7,8)/q2*+1;/p-2/b;;2-1-. The summed E-state index contributed by atoms with van der Waals surface area (Å²) in [6, 6.07) is 21.6. The smallest absolute Gasteiger partial charge is 0.104 e. The van der Waals surface area contributed by atoms with Crippen LogP contribution in [0.4, 0.5) is 0 Å². The van der Waals surface area contributed by atoms with Crippen molar-refractivity contribution in [2.45, 2.75) is 54.6 Å². The normalized spacial score (nSPS) is 11.2. The molecular formula is C30H46N2O4. The summed E-state index contributed by atoms with van der Waals surface area (Å²) in [5.74, 6) is -3.09. The van der Waals surface area contributed by atoms with Gasteiger partial charge in [0.05, 0.1) is 51.2 Å². The van der Waals surface area contributed by atoms with Gasteiger partial charge >= 0.3 is 0 Å². The fourth-order valence-corrected chi connectivity index (χ4v) is 4.09. The van der Waals surface area contributed by atoms with Gasteiger partial charge in [-0.3, -0.25) is 0 Å². The second-order valence-corrected chi connectivity index (χ2v) is 8.84. The molecule has 0 amide bonds. The molecule has 0 spiro atoms. The number of rotatable bonds is 12. The van der Waals surface area contributed by atoms with Crippen molar-refractivity contribution in [2.75, 3.05) is 39.3 Å². The van der Waals surface area contributed by atoms with Gasteiger partial charge in [0.2, 0.25) is 0 Å². The molecular weight excluding hydrogens is 452 g/mol. The lowest BCUT2D eigenvalue weighted by Crippen LogP contribution is -2.46. The summed E-state index contributed by atoms with van der Waals surface area (Å²) in [7, 11) is 0. The molecule has 0 aliphatic carbocycles. The second kappa shape index (κ2) is 18.3. The van der Waals surface area contributed by atoms with E-state index in [9.17, 15) is 19.8 Å². The van der Waals surface area contributed by atoms with Crippen molar-refractivity contribution < 1.29 is 28.8 Å². The number of hydrogen-bond donors (Lipinski definition) is 0. The molecule has 6 nitrogen and oxygen atoms in total. The summed E-state index contributed by atoms with van der Waals surface area (Å²) in [5, 5.41) is 18.8. The fraction of sp³-hybridized carbons (Fsp3) is 0.467. The van der Waals surface area contributed by atoms with Crippen LogP contribution in [0.1, 0.15) is 52.7 Å². The molecule has 0 unspecified atom stereocenters. The molecule has 0 aromatic heterocycles. The van der Waals surface area contributed by atoms with E-state index < -0.39 is 11.9 Å². The Bertz CT molecular complexity index is 784. The number of carbonyl (C=O) groups is 2. The van der Waals surface area contributed by atoms with Crippen molar-refractivity contribution in [3.05, 3.63) is 83.9 Å². The van der Waals surface area contributed by atoms with Gasteiger partial charge in [-0.2, -0.15) is 0 Å². The van der Waals surface area contributed by atoms with Crippen LogP contribution in [0, 0.1) is 0 Å². The van der Waals surface area contributed by atoms with E-state index in [2.05, 4.69) is 102 Å². The van der Waals surface area contributed by atoms with E-state index >= 15 is 0 Å². The molecule has 0 fully saturated rings. The van der Waals surface area contributed by atoms with Crippen LogP contribution in [0.25, 0.3) is 0 Å². The van der Waals surface area contributed by atoms with Gasteiger partial charge in [0, 0.05) is 11.1 Å². The highest BCUT2D eigenvalue weighted by Gasteiger charge is 2.21. The first-order valence-electron chi connectivity index (χ1n) is 13.0. The molecule has 0 saturated carbocycles. The van der Waals surface area contributed by atoms with Crippen molar-refractivity contribution in [2.24, 2.45) is 0 Å². The van der Waals surface area contributed by atoms with Crippen LogP contribution in [0.3, 0.4) is 0 Å². The molecule has 0 atom stereocenters. The van der Waals surface area contributed by atoms with E-state index in [0.29, 0.717) is 12.2 Å². The average Bonchev–Trinajstić information content (AvgIpc) is 2.91. The first kappa shape index (κ1) is 33.0. The number of hydrogen-bond acceptors (Lipinski definition) is 4. The van der Waals surface area contributed by atoms with E-state index in [1.165, 1.54) is 72.5 Å². The first-order chi connectivity index (χ1) is 17.1. The molecule has 2 rings (SSSR count). The Hall–Kier alpha value is -2.96. The van der Waals surface area contributed by atoms with E-state index in [-0.39, 0.29) is 0 Å². The molecule has 2 aromatic rings. The van der Waals surface area contributed by atoms with Crippen LogP contribution in [-0.4, -0.2) is 60.2 Å². The predicted octanol–water partition coefficient (Wildman–Crippen LogP) is 3.17. The van der Waals surface area contributed by atoms with Gasteiger partial charge in [0.15, 0.2) is 0 Å². The third kappa shape index (κ3) is 13.2. The number of quaternary nitrogens is 2. The number of carbonyl (C=O) groups excluding carboxylic acids is 2. The van der Waals surface area contributed by atoms with Gasteiger partial charge in [-0.25, -0.2) is 0 Å². The van der Waals surface area contributed by atoms with Crippen LogP contribution in [0.2, 0.25) is 0 Å². The quantitative estimate of drug-likeness (QED) is 0.333. The maximum atomic E-state index is 9.41. The Morgan fingerprint density at radius 3 is 1.00 bits per heavy atom. The van der Waals surface area contributed by atoms with Gasteiger partial charge in [-0.1, -0.05) is 60.7 Å². The highest BCUT2D eigenvalue weighted by Crippen LogP contribution is 2.14. The zero-order valence-corrected chi connectivity index (χ0v) is 23.1. The highest BCUT2D eigenvalue weighted by molar-refractivity contribution is 5.87. The van der Waals surface area contributed by atoms with Crippen LogP contribution in [0.5, 0.6) is 0 Å². The number of aliphatic carboxylic acids is 2. The zero-order chi connectivity index (χ0) is 27.5. The van der Waals surface area contributed by atoms with Crippen molar-refractivity contribution in [1.29, 1.82) is 0 Å². The van der Waals surface area contributed by atoms with Crippen LogP contribution in [0.15, 0.2) is 72.8 Å². The number of carboxylic acid groups (broad SMARTS) is 2. The lowest BCUT2D eigenvalue weighted by atomic mass is 10.2. The first-order valence-corrected chi connectivity index (χ1v) is 13.0. The lowest BCUT2D eigenvalue weighted by molar-refractivity contribution is -0.936. The van der Waals surface area contributed by atoms with E-state index in [1.54, 1.807) is 0 Å². The van der Waals surface area contributed by atoms with Crippen molar-refractivity contribution in [3.8, 4) is 0 Å². The minimum Gasteiger partial charge on any atom is -0.545 e. The minimum absolute atomic E-state index is 0.384. The topological polar surface area (TPSA) is 80.3 Å². The number of nitrogens with zero attached hydrogens (tertiary/aromatic N) is 2. The van der Waals surface area contributed by atoms with Gasteiger partial charge in [0.1, 0.15) is 13.1 Å². The molecule has 0 radical (unpaired) electrons. The monoisotopic (exact) mass is 498 g/mol. The van der Waals surface area contributed by atoms with Gasteiger partial charge in [0.25, 0.3) is 0 Å². The molecule has 0 aliphatic rings. The molecule has 0 heterocycles. The number of carboxylic acids is 2. The highest BCUT2D eigenvalue weighted by atomic mass is 16.4. The maximum Gasteiger partial charge on any atom is 0.104 e. The van der Waals surface area contributed by atoms with Crippen LogP contribution in [-0.2, 0) is 22.7 Å². The summed E-state index contributed by atoms with van der Waals surface area (Å²) in [6.45, 7) is 23.4. The maximum absolute atomic E-state index is 9.41. The third-order valence-electron chi connectivity index (χ3n) is 7.10. The van der Waals surface area contributed by atoms with Gasteiger partial charge < -0.3 is 28.8 Å². The zero-order valence-electron chi connectivity index (χ0n) is 23.1. The molecule has 0 saturated heterocycles. The molecule has 36 heavy (non-hydrogen) atoms. The Labute approximate surface area is 218 Å². The molecule has 0 N–H and O–H groups in total. The van der Waals surface area contributed by atoms with E-state index in [1.807, 2.05) is 0 Å². The number of benzene rings is 2. The largest absolute Gasteiger partial charge is 0.545 e. The molecule has 6 heteroatoms. The Balaban J connectivity index is 0.000000533. The molecule has 2 aromatic carbocycles. The van der Waals surface area contributed by atoms with E-state index in [0.717, 1.165) is 0 Å². The summed E-state index contributed by atoms with van der Waals surface area (Å²) in [4.78, 5) is 18.8. The van der Waals surface area contributed by atoms with Crippen LogP contribution >= 0.6 is 0 Å². The summed E-state index contributed by atoms with van der Waals surface area (Å²) in [5.41, 5.74) is 2.91. The van der Waals surface area contributed by atoms with Crippen molar-refractivity contribution in [3.63, 3.8) is 0 Å². The van der Waals surface area contributed by atoms with Crippen LogP contribution < -0.4 is 10.2 Å². The second-order valence-electron chi connectivity index (χ2n) is 8.84. The van der Waals surface area contributed by atoms with Crippen molar-refractivity contribution >= 4 is 11.9 Å². The lowest BCUT2D eigenvalue weighted by Gasteiger charge is -2.35. The summed E-state index contributed by atoms with van der Waals surface area (Å²) in [6.07, 6.45) is 0.769. The van der Waals surface area contributed by atoms with Gasteiger partial charge in [-0.15, -0.1) is 0 Å². The summed E-state index contributed by atoms with van der Waals surface area (Å²) < 4.78 is 2.40. The molecule has 0 bridgehead atoms. The molecule has 0 aliphatic heterocycles. The van der Waals surface area contributed by atoms with Gasteiger partial charge in [-0.05, 0) is 53.7 Å². The van der Waals surface area contributed by atoms with E-state index in [4.69, 9.17) is 0 Å². The fourth-order valence-electron chi connectivity index (χ4n) is 4.09. The summed E-state index contributed by atoms with van der Waals surface area (Å²) >= 11 is 0. The van der Waals surface area contributed by atoms with Crippen molar-refractivity contribution in [1.82, 2.24) is 0 Å². The Morgan fingerprint density at radius 1 is 0.556 bits per heavy atom. The average molecular weight is 499 g/mol. The molecule has 200 valence electrons. The SMILES string of the molecule is CC[N+](CC)(CC)Cc1ccccc1.CC[N+](CC)(CC)Cc1ccccc1.O=C([O-])/C=C\C(=O)[O-]. The Morgan fingerprint density at radius 2 is 0.806 bits per heavy atom. The third-order valence-corrected chi connectivity index (χ3v) is 7.10. The predicted molar refractivity (Wildman–Crippen MR) is 143 cm³/mol. The Kier molecular flexibility index (Phi) is 16.8.